The molecule has 0 saturated heterocycles. The highest BCUT2D eigenvalue weighted by Crippen LogP contribution is 2.44. The van der Waals surface area contributed by atoms with Crippen molar-refractivity contribution < 1.29 is 53.0 Å². The third kappa shape index (κ3) is 5.67. The molecule has 0 N–H and O–H groups in total. The van der Waals surface area contributed by atoms with Crippen molar-refractivity contribution in [2.75, 3.05) is 0 Å². The average molecular weight is 599 g/mol. The second kappa shape index (κ2) is 10.5. The number of allylic oxidation sites excluding steroid dienone is 4. The zero-order valence-electron chi connectivity index (χ0n) is 19.8. The van der Waals surface area contributed by atoms with Crippen LogP contribution in [0.5, 0.6) is 0 Å². The smallest absolute Gasteiger partial charge is 0.432 e. The Labute approximate surface area is 224 Å². The minimum atomic E-state index is -5.44. The Bertz CT molecular complexity index is 1510. The second-order valence-corrected chi connectivity index (χ2v) is 9.18. The van der Waals surface area contributed by atoms with Crippen LogP contribution in [0.25, 0.3) is 22.3 Å². The number of hydrogen-bond donors (Lipinski definition) is 0. The third-order valence-electron chi connectivity index (χ3n) is 5.90. The monoisotopic (exact) mass is 598 g/mol. The first kappa shape index (κ1) is 29.4. The van der Waals surface area contributed by atoms with E-state index in [-0.39, 0.29) is 29.3 Å². The van der Waals surface area contributed by atoms with Crippen LogP contribution < -0.4 is 0 Å². The van der Waals surface area contributed by atoms with Crippen LogP contribution in [-0.2, 0) is 10.8 Å². The van der Waals surface area contributed by atoms with E-state index in [1.807, 2.05) is 0 Å². The lowest BCUT2D eigenvalue weighted by Gasteiger charge is -2.26. The van der Waals surface area contributed by atoms with Crippen LogP contribution in [0.15, 0.2) is 65.7 Å². The Kier molecular flexibility index (Phi) is 7.70. The molecule has 0 bridgehead atoms. The van der Waals surface area contributed by atoms with E-state index in [1.165, 1.54) is 12.1 Å². The van der Waals surface area contributed by atoms with Gasteiger partial charge in [0.2, 0.25) is 0 Å². The van der Waals surface area contributed by atoms with E-state index in [0.717, 1.165) is 12.1 Å². The first-order valence-corrected chi connectivity index (χ1v) is 11.5. The Morgan fingerprint density at radius 3 is 1.93 bits per heavy atom. The number of halogens is 12. The maximum atomic E-state index is 15.0. The molecule has 13 heteroatoms. The number of rotatable bonds is 5. The molecule has 4 rings (SSSR count). The van der Waals surface area contributed by atoms with Crippen LogP contribution in [-0.4, -0.2) is 12.3 Å². The van der Waals surface area contributed by atoms with Gasteiger partial charge in [-0.15, -0.1) is 0 Å². The van der Waals surface area contributed by atoms with Crippen LogP contribution in [0.4, 0.5) is 48.3 Å². The van der Waals surface area contributed by atoms with Gasteiger partial charge in [-0.1, -0.05) is 23.7 Å². The lowest BCUT2D eigenvalue weighted by molar-refractivity contribution is -0.230. The van der Waals surface area contributed by atoms with Gasteiger partial charge in [0, 0.05) is 23.6 Å². The molecule has 1 aliphatic carbocycles. The van der Waals surface area contributed by atoms with Gasteiger partial charge in [0.1, 0.15) is 52.2 Å². The predicted molar refractivity (Wildman–Crippen MR) is 124 cm³/mol. The van der Waals surface area contributed by atoms with Gasteiger partial charge >= 0.3 is 12.3 Å². The van der Waals surface area contributed by atoms with Crippen molar-refractivity contribution in [2.45, 2.75) is 31.8 Å². The molecule has 40 heavy (non-hydrogen) atoms. The molecule has 0 saturated carbocycles. The van der Waals surface area contributed by atoms with Crippen molar-refractivity contribution in [3.63, 3.8) is 0 Å². The normalized spacial score (nSPS) is 16.3. The summed E-state index contributed by atoms with van der Waals surface area (Å²) in [5.41, 5.74) is -5.06. The van der Waals surface area contributed by atoms with Gasteiger partial charge in [-0.05, 0) is 53.9 Å². The third-order valence-corrected chi connectivity index (χ3v) is 6.20. The molecule has 3 aromatic rings. The van der Waals surface area contributed by atoms with E-state index >= 15 is 4.39 Å². The molecule has 0 fully saturated rings. The maximum absolute atomic E-state index is 15.0. The van der Waals surface area contributed by atoms with Gasteiger partial charge in [-0.2, -0.15) is 22.0 Å². The second-order valence-electron chi connectivity index (χ2n) is 8.77. The van der Waals surface area contributed by atoms with Gasteiger partial charge in [-0.25, -0.2) is 26.3 Å². The fraction of sp³-hybridized carbons (Fsp3) is 0.185. The van der Waals surface area contributed by atoms with E-state index in [9.17, 15) is 43.9 Å². The molecule has 212 valence electrons. The number of benzene rings is 3. The minimum Gasteiger partial charge on any atom is -0.433 e. The number of aryl methyl sites for hydroxylation is 1. The quantitative estimate of drug-likeness (QED) is 0.266. The SMILES string of the molecule is Cc1ccc(-c2cc(F)c(-c3cc(F)c(C(F)(F)OC4=CC(F)=C(C(F)(F)F)C(F)C4)c(F)c3)c(Cl)c2)c(F)c1. The Hall–Kier alpha value is -3.54. The van der Waals surface area contributed by atoms with Gasteiger partial charge in [0.25, 0.3) is 0 Å². The van der Waals surface area contributed by atoms with Gasteiger partial charge < -0.3 is 4.74 Å². The Morgan fingerprint density at radius 1 is 0.800 bits per heavy atom. The van der Waals surface area contributed by atoms with Crippen molar-refractivity contribution in [1.82, 2.24) is 0 Å². The van der Waals surface area contributed by atoms with Crippen molar-refractivity contribution >= 4 is 11.6 Å². The summed E-state index contributed by atoms with van der Waals surface area (Å²) >= 11 is 6.09. The van der Waals surface area contributed by atoms with E-state index < -0.39 is 87.0 Å². The Balaban J connectivity index is 1.69. The van der Waals surface area contributed by atoms with E-state index in [4.69, 9.17) is 11.6 Å². The number of hydrogen-bond acceptors (Lipinski definition) is 1. The van der Waals surface area contributed by atoms with Crippen molar-refractivity contribution in [3.05, 3.63) is 105 Å². The van der Waals surface area contributed by atoms with E-state index in [0.29, 0.717) is 5.56 Å². The fourth-order valence-corrected chi connectivity index (χ4v) is 4.48. The number of ether oxygens (including phenoxy) is 1. The predicted octanol–water partition coefficient (Wildman–Crippen LogP) is 10.0. The molecule has 0 amide bonds. The largest absolute Gasteiger partial charge is 0.433 e. The van der Waals surface area contributed by atoms with Gasteiger partial charge in [0.15, 0.2) is 0 Å². The van der Waals surface area contributed by atoms with Gasteiger partial charge in [-0.3, -0.25) is 0 Å². The van der Waals surface area contributed by atoms with Gasteiger partial charge in [0.05, 0.1) is 5.02 Å². The molecular weight excluding hydrogens is 585 g/mol. The lowest BCUT2D eigenvalue weighted by Crippen LogP contribution is -2.28. The van der Waals surface area contributed by atoms with E-state index in [1.54, 1.807) is 13.0 Å². The zero-order chi connectivity index (χ0) is 29.7. The minimum absolute atomic E-state index is 0.0249. The molecule has 0 spiro atoms. The summed E-state index contributed by atoms with van der Waals surface area (Å²) in [5.74, 6) is -9.47. The summed E-state index contributed by atoms with van der Waals surface area (Å²) in [6, 6.07) is 6.54. The molecular formula is C27H14ClF11O. The molecule has 3 aromatic carbocycles. The highest BCUT2D eigenvalue weighted by Gasteiger charge is 2.47. The summed E-state index contributed by atoms with van der Waals surface area (Å²) in [4.78, 5) is 0. The maximum Gasteiger partial charge on any atom is 0.432 e. The molecule has 1 unspecified atom stereocenters. The fourth-order valence-electron chi connectivity index (χ4n) is 4.16. The molecule has 1 nitrogen and oxygen atoms in total. The van der Waals surface area contributed by atoms with Crippen LogP contribution in [0, 0.1) is 30.2 Å². The topological polar surface area (TPSA) is 9.23 Å². The zero-order valence-corrected chi connectivity index (χ0v) is 20.6. The summed E-state index contributed by atoms with van der Waals surface area (Å²) in [6.07, 6.45) is -15.2. The Morgan fingerprint density at radius 2 is 1.40 bits per heavy atom. The standard InChI is InChI=1S/C27H14ClF11O/c1-11-2-3-15(17(29)4-11)12-5-16(28)23(18(30)6-12)13-7-19(31)25(20(32)8-13)27(38,39)40-14-9-21(33)24(22(34)10-14)26(35,36)37/h2-9,22H,10H2,1H3. The average Bonchev–Trinajstić information content (AvgIpc) is 2.76. The summed E-state index contributed by atoms with van der Waals surface area (Å²) in [6.45, 7) is 1.62. The highest BCUT2D eigenvalue weighted by molar-refractivity contribution is 6.33. The molecule has 0 aliphatic heterocycles. The summed E-state index contributed by atoms with van der Waals surface area (Å²) < 4.78 is 158. The van der Waals surface area contributed by atoms with E-state index in [2.05, 4.69) is 4.74 Å². The summed E-state index contributed by atoms with van der Waals surface area (Å²) in [5, 5.41) is -0.450. The van der Waals surface area contributed by atoms with Crippen LogP contribution in [0.2, 0.25) is 5.02 Å². The molecule has 1 aliphatic rings. The van der Waals surface area contributed by atoms with Crippen LogP contribution in [0.3, 0.4) is 0 Å². The first-order chi connectivity index (χ1) is 18.5. The highest BCUT2D eigenvalue weighted by atomic mass is 35.5. The van der Waals surface area contributed by atoms with Crippen molar-refractivity contribution in [1.29, 1.82) is 0 Å². The molecule has 0 heterocycles. The van der Waals surface area contributed by atoms with Crippen molar-refractivity contribution in [2.24, 2.45) is 0 Å². The lowest BCUT2D eigenvalue weighted by atomic mass is 9.97. The van der Waals surface area contributed by atoms with Crippen molar-refractivity contribution in [3.8, 4) is 22.3 Å². The summed E-state index contributed by atoms with van der Waals surface area (Å²) in [7, 11) is 0. The number of alkyl halides is 6. The molecule has 1 atom stereocenters. The van der Waals surface area contributed by atoms with Crippen LogP contribution >= 0.6 is 11.6 Å². The van der Waals surface area contributed by atoms with Crippen LogP contribution in [0.1, 0.15) is 17.5 Å². The first-order valence-electron chi connectivity index (χ1n) is 11.1. The molecule has 0 aromatic heterocycles. The molecule has 0 radical (unpaired) electrons.